The van der Waals surface area contributed by atoms with Gasteiger partial charge in [-0.1, -0.05) is 35.9 Å². The molecule has 1 unspecified atom stereocenters. The van der Waals surface area contributed by atoms with E-state index >= 15 is 0 Å². The summed E-state index contributed by atoms with van der Waals surface area (Å²) in [4.78, 5) is 21.6. The third-order valence-corrected chi connectivity index (χ3v) is 5.90. The predicted octanol–water partition coefficient (Wildman–Crippen LogP) is 4.05. The van der Waals surface area contributed by atoms with Crippen LogP contribution in [0.15, 0.2) is 67.0 Å². The van der Waals surface area contributed by atoms with Crippen molar-refractivity contribution in [2.75, 3.05) is 13.1 Å². The lowest BCUT2D eigenvalue weighted by Crippen LogP contribution is -2.49. The number of pyridine rings is 1. The lowest BCUT2D eigenvalue weighted by atomic mass is 9.91. The van der Waals surface area contributed by atoms with Crippen molar-refractivity contribution in [2.45, 2.75) is 12.2 Å². The fourth-order valence-electron chi connectivity index (χ4n) is 4.46. The van der Waals surface area contributed by atoms with Crippen molar-refractivity contribution in [1.82, 2.24) is 14.8 Å². The number of hydrogen-bond acceptors (Lipinski definition) is 3. The molecule has 0 saturated carbocycles. The van der Waals surface area contributed by atoms with Crippen LogP contribution in [0.2, 0.25) is 5.02 Å². The molecule has 0 spiro atoms. The molecule has 0 aliphatic carbocycles. The van der Waals surface area contributed by atoms with Crippen molar-refractivity contribution in [1.29, 1.82) is 0 Å². The first-order chi connectivity index (χ1) is 13.6. The lowest BCUT2D eigenvalue weighted by molar-refractivity contribution is 0.0428. The number of aromatic nitrogens is 1. The highest BCUT2D eigenvalue weighted by atomic mass is 35.5. The Morgan fingerprint density at radius 3 is 2.54 bits per heavy atom. The summed E-state index contributed by atoms with van der Waals surface area (Å²) in [6.07, 6.45) is 3.43. The molecule has 1 amide bonds. The molecule has 0 N–H and O–H groups in total. The Hall–Kier alpha value is -2.76. The zero-order chi connectivity index (χ0) is 19.3. The Morgan fingerprint density at radius 2 is 1.79 bits per heavy atom. The van der Waals surface area contributed by atoms with E-state index in [0.717, 1.165) is 16.7 Å². The summed E-state index contributed by atoms with van der Waals surface area (Å²) >= 11 is 6.13. The topological polar surface area (TPSA) is 36.4 Å². The number of fused-ring (bicyclic) bond motifs is 3. The number of hydrogen-bond donors (Lipinski definition) is 0. The Morgan fingerprint density at radius 1 is 1.04 bits per heavy atom. The van der Waals surface area contributed by atoms with Crippen LogP contribution < -0.4 is 0 Å². The Balaban J connectivity index is 1.69. The third-order valence-electron chi connectivity index (χ3n) is 5.65. The van der Waals surface area contributed by atoms with Crippen molar-refractivity contribution in [2.24, 2.45) is 0 Å². The molecular formula is C22H17ClFN3O. The maximum absolute atomic E-state index is 13.4. The van der Waals surface area contributed by atoms with E-state index in [9.17, 15) is 9.18 Å². The van der Waals surface area contributed by atoms with E-state index < -0.39 is 5.66 Å². The average molecular weight is 394 g/mol. The summed E-state index contributed by atoms with van der Waals surface area (Å²) in [6, 6.07) is 15.9. The van der Waals surface area contributed by atoms with Gasteiger partial charge in [0.25, 0.3) is 5.91 Å². The van der Waals surface area contributed by atoms with E-state index in [-0.39, 0.29) is 11.7 Å². The van der Waals surface area contributed by atoms with Gasteiger partial charge >= 0.3 is 0 Å². The minimum atomic E-state index is -0.736. The number of benzene rings is 2. The molecule has 140 valence electrons. The van der Waals surface area contributed by atoms with Gasteiger partial charge < -0.3 is 4.90 Å². The molecular weight excluding hydrogens is 377 g/mol. The van der Waals surface area contributed by atoms with E-state index in [1.807, 2.05) is 29.2 Å². The van der Waals surface area contributed by atoms with Crippen LogP contribution in [0.25, 0.3) is 0 Å². The van der Waals surface area contributed by atoms with E-state index in [0.29, 0.717) is 30.2 Å². The third kappa shape index (κ3) is 2.40. The molecule has 1 fully saturated rings. The molecule has 0 radical (unpaired) electrons. The van der Waals surface area contributed by atoms with Gasteiger partial charge in [-0.25, -0.2) is 4.39 Å². The normalized spacial score (nSPS) is 21.1. The van der Waals surface area contributed by atoms with Crippen molar-refractivity contribution in [3.63, 3.8) is 0 Å². The molecule has 28 heavy (non-hydrogen) atoms. The monoisotopic (exact) mass is 393 g/mol. The first-order valence-electron chi connectivity index (χ1n) is 9.12. The smallest absolute Gasteiger partial charge is 0.256 e. The van der Waals surface area contributed by atoms with Gasteiger partial charge in [-0.2, -0.15) is 0 Å². The molecule has 2 aliphatic rings. The van der Waals surface area contributed by atoms with Crippen LogP contribution in [0, 0.1) is 5.82 Å². The second kappa shape index (κ2) is 6.40. The van der Waals surface area contributed by atoms with Crippen molar-refractivity contribution >= 4 is 17.5 Å². The van der Waals surface area contributed by atoms with Gasteiger partial charge in [-0.15, -0.1) is 0 Å². The molecule has 1 atom stereocenters. The number of carbonyl (C=O) groups excluding carboxylic acids is 1. The highest BCUT2D eigenvalue weighted by Crippen LogP contribution is 2.49. The van der Waals surface area contributed by atoms with Crippen molar-refractivity contribution in [3.8, 4) is 0 Å². The SMILES string of the molecule is O=C1c2ccncc2C2(c3ccc(Cl)cc3)N(Cc3ccc(F)cc3)CCN12. The van der Waals surface area contributed by atoms with Crippen LogP contribution in [0.4, 0.5) is 4.39 Å². The van der Waals surface area contributed by atoms with Gasteiger partial charge in [0, 0.05) is 48.2 Å². The molecule has 3 heterocycles. The minimum absolute atomic E-state index is 0.00829. The molecule has 1 aromatic heterocycles. The predicted molar refractivity (Wildman–Crippen MR) is 104 cm³/mol. The number of amides is 1. The highest BCUT2D eigenvalue weighted by molar-refractivity contribution is 6.30. The standard InChI is InChI=1S/C22H17ClFN3O/c23-17-5-3-16(4-6-17)22-20-13-25-10-9-19(20)21(28)27(22)12-11-26(22)14-15-1-7-18(24)8-2-15/h1-10,13H,11-12,14H2. The maximum Gasteiger partial charge on any atom is 0.256 e. The second-order valence-electron chi connectivity index (χ2n) is 7.11. The quantitative estimate of drug-likeness (QED) is 0.673. The summed E-state index contributed by atoms with van der Waals surface area (Å²) in [5.41, 5.74) is 2.77. The summed E-state index contributed by atoms with van der Waals surface area (Å²) in [6.45, 7) is 1.90. The first kappa shape index (κ1) is 17.3. The van der Waals surface area contributed by atoms with Gasteiger partial charge in [0.05, 0.1) is 0 Å². The highest BCUT2D eigenvalue weighted by Gasteiger charge is 2.58. The van der Waals surface area contributed by atoms with Crippen molar-refractivity contribution < 1.29 is 9.18 Å². The molecule has 2 aliphatic heterocycles. The average Bonchev–Trinajstić information content (AvgIpc) is 3.20. The largest absolute Gasteiger partial charge is 0.311 e. The van der Waals surface area contributed by atoms with E-state index in [1.165, 1.54) is 12.1 Å². The number of rotatable bonds is 3. The molecule has 1 saturated heterocycles. The van der Waals surface area contributed by atoms with Gasteiger partial charge in [0.15, 0.2) is 5.66 Å². The molecule has 5 rings (SSSR count). The first-order valence-corrected chi connectivity index (χ1v) is 9.50. The van der Waals surface area contributed by atoms with Gasteiger partial charge in [-0.3, -0.25) is 14.7 Å². The second-order valence-corrected chi connectivity index (χ2v) is 7.54. The Labute approximate surface area is 167 Å². The van der Waals surface area contributed by atoms with Crippen LogP contribution >= 0.6 is 11.6 Å². The van der Waals surface area contributed by atoms with Gasteiger partial charge in [-0.05, 0) is 41.5 Å². The lowest BCUT2D eigenvalue weighted by Gasteiger charge is -2.40. The number of nitrogens with zero attached hydrogens (tertiary/aromatic N) is 3. The van der Waals surface area contributed by atoms with Crippen LogP contribution in [0.3, 0.4) is 0 Å². The van der Waals surface area contributed by atoms with E-state index in [2.05, 4.69) is 9.88 Å². The summed E-state index contributed by atoms with van der Waals surface area (Å²) in [5, 5.41) is 0.644. The summed E-state index contributed by atoms with van der Waals surface area (Å²) in [5.74, 6) is -0.251. The summed E-state index contributed by atoms with van der Waals surface area (Å²) in [7, 11) is 0. The van der Waals surface area contributed by atoms with Crippen LogP contribution in [0.1, 0.15) is 27.0 Å². The molecule has 2 aromatic carbocycles. The summed E-state index contributed by atoms with van der Waals surface area (Å²) < 4.78 is 13.4. The Bertz CT molecular complexity index is 1050. The van der Waals surface area contributed by atoms with Crippen LogP contribution in [-0.2, 0) is 12.2 Å². The van der Waals surface area contributed by atoms with Gasteiger partial charge in [0.2, 0.25) is 0 Å². The van der Waals surface area contributed by atoms with E-state index in [4.69, 9.17) is 11.6 Å². The zero-order valence-corrected chi connectivity index (χ0v) is 15.7. The molecule has 3 aromatic rings. The zero-order valence-electron chi connectivity index (χ0n) is 15.0. The number of carbonyl (C=O) groups is 1. The van der Waals surface area contributed by atoms with E-state index in [1.54, 1.807) is 30.6 Å². The fourth-order valence-corrected chi connectivity index (χ4v) is 4.59. The number of halogens is 2. The Kier molecular flexibility index (Phi) is 3.96. The van der Waals surface area contributed by atoms with Crippen molar-refractivity contribution in [3.05, 3.63) is 100 Å². The molecule has 0 bridgehead atoms. The van der Waals surface area contributed by atoms with Crippen LogP contribution in [-0.4, -0.2) is 33.8 Å². The fraction of sp³-hybridized carbons (Fsp3) is 0.182. The molecule has 4 nitrogen and oxygen atoms in total. The minimum Gasteiger partial charge on any atom is -0.311 e. The molecule has 6 heteroatoms. The van der Waals surface area contributed by atoms with Crippen LogP contribution in [0.5, 0.6) is 0 Å². The van der Waals surface area contributed by atoms with Gasteiger partial charge in [0.1, 0.15) is 5.82 Å². The maximum atomic E-state index is 13.4.